The number of rotatable bonds is 7. The van der Waals surface area contributed by atoms with Crippen molar-refractivity contribution in [3.63, 3.8) is 0 Å². The molecule has 0 saturated carbocycles. The molecular weight excluding hydrogens is 546 g/mol. The van der Waals surface area contributed by atoms with Crippen molar-refractivity contribution in [1.29, 1.82) is 0 Å². The highest BCUT2D eigenvalue weighted by atomic mass is 79.9. The maximum Gasteiger partial charge on any atom is 0.345 e. The first kappa shape index (κ1) is 25.1. The molecule has 2 amide bonds. The van der Waals surface area contributed by atoms with E-state index in [-0.39, 0.29) is 28.8 Å². The molecule has 0 aromatic heterocycles. The van der Waals surface area contributed by atoms with Gasteiger partial charge in [-0.25, -0.2) is 10.2 Å². The highest BCUT2D eigenvalue weighted by Crippen LogP contribution is 2.24. The van der Waals surface area contributed by atoms with Gasteiger partial charge in [-0.3, -0.25) is 9.59 Å². The van der Waals surface area contributed by atoms with Crippen LogP contribution in [0.15, 0.2) is 94.5 Å². The lowest BCUT2D eigenvalue weighted by Gasteiger charge is -2.09. The number of amides is 2. The molecular formula is C27H19BrClN3O4. The molecule has 4 rings (SSSR count). The monoisotopic (exact) mass is 563 g/mol. The van der Waals surface area contributed by atoms with Gasteiger partial charge in [-0.05, 0) is 47.2 Å². The number of esters is 1. The molecule has 0 aliphatic rings. The molecule has 4 aromatic carbocycles. The van der Waals surface area contributed by atoms with Crippen LogP contribution in [0, 0.1) is 0 Å². The molecule has 0 aliphatic carbocycles. The van der Waals surface area contributed by atoms with Crippen molar-refractivity contribution in [2.75, 3.05) is 6.54 Å². The second-order valence-electron chi connectivity index (χ2n) is 7.55. The van der Waals surface area contributed by atoms with Crippen LogP contribution in [0.4, 0.5) is 0 Å². The summed E-state index contributed by atoms with van der Waals surface area (Å²) in [5.41, 5.74) is 3.49. The predicted octanol–water partition coefficient (Wildman–Crippen LogP) is 5.36. The van der Waals surface area contributed by atoms with E-state index < -0.39 is 11.9 Å². The molecule has 7 nitrogen and oxygen atoms in total. The van der Waals surface area contributed by atoms with Crippen molar-refractivity contribution in [1.82, 2.24) is 10.7 Å². The van der Waals surface area contributed by atoms with Gasteiger partial charge in [0.1, 0.15) is 5.75 Å². The summed E-state index contributed by atoms with van der Waals surface area (Å²) in [6, 6.07) is 24.4. The lowest BCUT2D eigenvalue weighted by molar-refractivity contribution is -0.120. The Morgan fingerprint density at radius 3 is 2.47 bits per heavy atom. The van der Waals surface area contributed by atoms with Crippen LogP contribution in [-0.2, 0) is 4.79 Å². The summed E-state index contributed by atoms with van der Waals surface area (Å²) >= 11 is 9.44. The average Bonchev–Trinajstić information content (AvgIpc) is 2.88. The van der Waals surface area contributed by atoms with Crippen LogP contribution in [-0.4, -0.2) is 30.5 Å². The van der Waals surface area contributed by atoms with Gasteiger partial charge >= 0.3 is 5.97 Å². The molecule has 2 N–H and O–H groups in total. The van der Waals surface area contributed by atoms with E-state index >= 15 is 0 Å². The van der Waals surface area contributed by atoms with Gasteiger partial charge in [0.25, 0.3) is 11.8 Å². The topological polar surface area (TPSA) is 96.9 Å². The van der Waals surface area contributed by atoms with Gasteiger partial charge in [0, 0.05) is 15.6 Å². The third kappa shape index (κ3) is 6.16. The van der Waals surface area contributed by atoms with Gasteiger partial charge in [0.15, 0.2) is 0 Å². The Bertz CT molecular complexity index is 1480. The SMILES string of the molecule is O=C(CNC(=O)c1cccc2ccccc12)N/N=C/c1cc(Br)ccc1OC(=O)c1ccccc1Cl. The fraction of sp³-hybridized carbons (Fsp3) is 0.0370. The maximum absolute atomic E-state index is 12.6. The Kier molecular flexibility index (Phi) is 8.10. The fourth-order valence-corrected chi connectivity index (χ4v) is 3.98. The Morgan fingerprint density at radius 2 is 1.64 bits per heavy atom. The number of carbonyl (C=O) groups is 3. The van der Waals surface area contributed by atoms with E-state index in [9.17, 15) is 14.4 Å². The number of ether oxygens (including phenoxy) is 1. The highest BCUT2D eigenvalue weighted by molar-refractivity contribution is 9.10. The summed E-state index contributed by atoms with van der Waals surface area (Å²) in [5.74, 6) is -1.29. The number of nitrogens with one attached hydrogen (secondary N) is 2. The molecule has 0 spiro atoms. The molecule has 0 atom stereocenters. The lowest BCUT2D eigenvalue weighted by atomic mass is 10.0. The number of hydrogen-bond donors (Lipinski definition) is 2. The molecule has 0 heterocycles. The summed E-state index contributed by atoms with van der Waals surface area (Å²) in [6.45, 7) is -0.272. The number of hydrogen-bond acceptors (Lipinski definition) is 5. The largest absolute Gasteiger partial charge is 0.422 e. The minimum atomic E-state index is -0.627. The third-order valence-electron chi connectivity index (χ3n) is 5.10. The van der Waals surface area contributed by atoms with Gasteiger partial charge in [-0.2, -0.15) is 5.10 Å². The lowest BCUT2D eigenvalue weighted by Crippen LogP contribution is -2.35. The summed E-state index contributed by atoms with van der Waals surface area (Å²) in [6.07, 6.45) is 1.34. The normalized spacial score (nSPS) is 10.8. The van der Waals surface area contributed by atoms with Crippen LogP contribution in [0.1, 0.15) is 26.3 Å². The first-order valence-electron chi connectivity index (χ1n) is 10.8. The molecule has 0 saturated heterocycles. The van der Waals surface area contributed by atoms with E-state index in [4.69, 9.17) is 16.3 Å². The molecule has 0 unspecified atom stereocenters. The summed E-state index contributed by atoms with van der Waals surface area (Å²) < 4.78 is 6.20. The van der Waals surface area contributed by atoms with Crippen molar-refractivity contribution in [3.8, 4) is 5.75 Å². The Balaban J connectivity index is 1.38. The number of fused-ring (bicyclic) bond motifs is 1. The van der Waals surface area contributed by atoms with Crippen molar-refractivity contribution in [2.45, 2.75) is 0 Å². The van der Waals surface area contributed by atoms with Crippen molar-refractivity contribution in [3.05, 3.63) is 111 Å². The summed E-state index contributed by atoms with van der Waals surface area (Å²) in [4.78, 5) is 37.4. The van der Waals surface area contributed by atoms with Crippen LogP contribution in [0.3, 0.4) is 0 Å². The number of benzene rings is 4. The van der Waals surface area contributed by atoms with Crippen LogP contribution >= 0.6 is 27.5 Å². The number of nitrogens with zero attached hydrogens (tertiary/aromatic N) is 1. The molecule has 4 aromatic rings. The quantitative estimate of drug-likeness (QED) is 0.137. The summed E-state index contributed by atoms with van der Waals surface area (Å²) in [7, 11) is 0. The van der Waals surface area contributed by atoms with E-state index in [0.29, 0.717) is 11.1 Å². The zero-order valence-corrected chi connectivity index (χ0v) is 21.0. The minimum absolute atomic E-state index is 0.222. The highest BCUT2D eigenvalue weighted by Gasteiger charge is 2.15. The van der Waals surface area contributed by atoms with Crippen LogP contribution in [0.2, 0.25) is 5.02 Å². The first-order valence-corrected chi connectivity index (χ1v) is 11.9. The molecule has 36 heavy (non-hydrogen) atoms. The molecule has 0 aliphatic heterocycles. The van der Waals surface area contributed by atoms with Crippen LogP contribution < -0.4 is 15.5 Å². The minimum Gasteiger partial charge on any atom is -0.422 e. The maximum atomic E-state index is 12.6. The fourth-order valence-electron chi connectivity index (χ4n) is 3.39. The number of carbonyl (C=O) groups excluding carboxylic acids is 3. The van der Waals surface area contributed by atoms with Gasteiger partial charge in [-0.15, -0.1) is 0 Å². The second-order valence-corrected chi connectivity index (χ2v) is 8.88. The molecule has 0 bridgehead atoms. The number of hydrazone groups is 1. The first-order chi connectivity index (χ1) is 17.4. The van der Waals surface area contributed by atoms with E-state index in [1.807, 2.05) is 30.3 Å². The van der Waals surface area contributed by atoms with E-state index in [1.54, 1.807) is 54.6 Å². The Hall–Kier alpha value is -4.01. The van der Waals surface area contributed by atoms with Crippen molar-refractivity contribution in [2.24, 2.45) is 5.10 Å². The van der Waals surface area contributed by atoms with Gasteiger partial charge in [0.05, 0.1) is 23.3 Å². The third-order valence-corrected chi connectivity index (χ3v) is 5.93. The van der Waals surface area contributed by atoms with Crippen LogP contribution in [0.25, 0.3) is 10.8 Å². The molecule has 9 heteroatoms. The number of halogens is 2. The molecule has 0 fully saturated rings. The van der Waals surface area contributed by atoms with Gasteiger partial charge in [0.2, 0.25) is 0 Å². The second kappa shape index (κ2) is 11.6. The zero-order chi connectivity index (χ0) is 25.5. The zero-order valence-electron chi connectivity index (χ0n) is 18.7. The van der Waals surface area contributed by atoms with E-state index in [1.165, 1.54) is 6.21 Å². The van der Waals surface area contributed by atoms with E-state index in [2.05, 4.69) is 31.8 Å². The summed E-state index contributed by atoms with van der Waals surface area (Å²) in [5, 5.41) is 8.52. The van der Waals surface area contributed by atoms with Crippen LogP contribution in [0.5, 0.6) is 5.75 Å². The van der Waals surface area contributed by atoms with Gasteiger partial charge < -0.3 is 10.1 Å². The van der Waals surface area contributed by atoms with E-state index in [0.717, 1.165) is 15.2 Å². The standard InChI is InChI=1S/C27H19BrClN3O4/c28-19-12-13-24(36-27(35)22-9-3-4-11-23(22)29)18(14-19)15-31-32-25(33)16-30-26(34)21-10-5-7-17-6-1-2-8-20(17)21/h1-15H,16H2,(H,30,34)(H,32,33)/b31-15+. The molecule has 180 valence electrons. The predicted molar refractivity (Wildman–Crippen MR) is 143 cm³/mol. The van der Waals surface area contributed by atoms with Crippen molar-refractivity contribution >= 4 is 62.3 Å². The average molecular weight is 565 g/mol. The Morgan fingerprint density at radius 1 is 0.917 bits per heavy atom. The van der Waals surface area contributed by atoms with Gasteiger partial charge in [-0.1, -0.05) is 76.1 Å². The smallest absolute Gasteiger partial charge is 0.345 e. The Labute approximate surface area is 220 Å². The van der Waals surface area contributed by atoms with Crippen molar-refractivity contribution < 1.29 is 19.1 Å². The molecule has 0 radical (unpaired) electrons.